The highest BCUT2D eigenvalue weighted by molar-refractivity contribution is 5.92. The van der Waals surface area contributed by atoms with Crippen LogP contribution >= 0.6 is 0 Å². The first-order valence-corrected chi connectivity index (χ1v) is 16.7. The maximum atomic E-state index is 14.1. The van der Waals surface area contributed by atoms with Gasteiger partial charge in [0.25, 0.3) is 5.91 Å². The number of piperidine rings is 1. The van der Waals surface area contributed by atoms with E-state index in [1.807, 2.05) is 49.3 Å². The molecule has 1 saturated carbocycles. The van der Waals surface area contributed by atoms with Crippen LogP contribution in [0.1, 0.15) is 45.1 Å². The zero-order valence-electron chi connectivity index (χ0n) is 26.9. The molecular weight excluding hydrogens is 576 g/mol. The minimum absolute atomic E-state index is 0.00757. The molecule has 3 aliphatic rings. The monoisotopic (exact) mass is 620 g/mol. The average Bonchev–Trinajstić information content (AvgIpc) is 3.82. The Kier molecular flexibility index (Phi) is 8.42. The first-order valence-electron chi connectivity index (χ1n) is 16.7. The summed E-state index contributed by atoms with van der Waals surface area (Å²) in [7, 11) is 0. The molecule has 46 heavy (non-hydrogen) atoms. The molecule has 0 spiro atoms. The second-order valence-electron chi connectivity index (χ2n) is 13.4. The van der Waals surface area contributed by atoms with Gasteiger partial charge in [0, 0.05) is 81.4 Å². The van der Waals surface area contributed by atoms with E-state index in [-0.39, 0.29) is 17.7 Å². The van der Waals surface area contributed by atoms with Crippen molar-refractivity contribution in [3.63, 3.8) is 0 Å². The van der Waals surface area contributed by atoms with Gasteiger partial charge in [-0.15, -0.1) is 0 Å². The van der Waals surface area contributed by atoms with E-state index in [4.69, 9.17) is 4.74 Å². The normalized spacial score (nSPS) is 18.9. The quantitative estimate of drug-likeness (QED) is 0.266. The number of carbonyl (C=O) groups excluding carboxylic acids is 2. The fourth-order valence-corrected chi connectivity index (χ4v) is 6.95. The van der Waals surface area contributed by atoms with Crippen molar-refractivity contribution in [2.24, 2.45) is 5.92 Å². The van der Waals surface area contributed by atoms with Crippen molar-refractivity contribution >= 4 is 28.5 Å². The molecule has 240 valence electrons. The molecule has 4 aromatic rings. The Morgan fingerprint density at radius 2 is 1.80 bits per heavy atom. The molecule has 1 atom stereocenters. The number of benzene rings is 2. The number of fused-ring (bicyclic) bond motifs is 1. The number of pyridine rings is 1. The molecule has 3 fully saturated rings. The minimum atomic E-state index is -0.966. The molecular formula is C37H44N6O3. The predicted octanol–water partition coefficient (Wildman–Crippen LogP) is 5.23. The molecule has 2 aliphatic heterocycles. The number of rotatable bonds is 9. The van der Waals surface area contributed by atoms with E-state index < -0.39 is 5.60 Å². The van der Waals surface area contributed by atoms with Crippen LogP contribution < -0.4 is 15.0 Å². The van der Waals surface area contributed by atoms with Crippen LogP contribution in [0.15, 0.2) is 73.1 Å². The highest BCUT2D eigenvalue weighted by atomic mass is 16.5. The van der Waals surface area contributed by atoms with Crippen molar-refractivity contribution in [2.75, 3.05) is 44.2 Å². The van der Waals surface area contributed by atoms with Crippen molar-refractivity contribution in [1.82, 2.24) is 25.1 Å². The number of aromatic amines is 1. The van der Waals surface area contributed by atoms with Crippen LogP contribution in [0.4, 0.5) is 5.69 Å². The van der Waals surface area contributed by atoms with Crippen molar-refractivity contribution in [3.05, 3.63) is 78.6 Å². The lowest BCUT2D eigenvalue weighted by Gasteiger charge is -2.37. The maximum Gasteiger partial charge on any atom is 0.266 e. The number of anilines is 1. The summed E-state index contributed by atoms with van der Waals surface area (Å²) in [6.45, 7) is 8.91. The third kappa shape index (κ3) is 6.47. The van der Waals surface area contributed by atoms with Crippen LogP contribution in [0.5, 0.6) is 5.75 Å². The Hall–Kier alpha value is -4.37. The van der Waals surface area contributed by atoms with Gasteiger partial charge in [0.05, 0.1) is 5.92 Å². The van der Waals surface area contributed by atoms with E-state index in [9.17, 15) is 9.59 Å². The van der Waals surface area contributed by atoms with Crippen molar-refractivity contribution < 1.29 is 14.3 Å². The highest BCUT2D eigenvalue weighted by Crippen LogP contribution is 2.34. The number of nitrogens with one attached hydrogen (secondary N) is 2. The van der Waals surface area contributed by atoms with Crippen molar-refractivity contribution in [2.45, 2.75) is 57.7 Å². The zero-order valence-corrected chi connectivity index (χ0v) is 26.9. The van der Waals surface area contributed by atoms with Gasteiger partial charge in [-0.3, -0.25) is 9.59 Å². The van der Waals surface area contributed by atoms with Crippen LogP contribution in [0.25, 0.3) is 22.2 Å². The van der Waals surface area contributed by atoms with Crippen molar-refractivity contribution in [3.8, 4) is 16.9 Å². The summed E-state index contributed by atoms with van der Waals surface area (Å²) >= 11 is 0. The smallest absolute Gasteiger partial charge is 0.266 e. The van der Waals surface area contributed by atoms with Gasteiger partial charge < -0.3 is 29.7 Å². The predicted molar refractivity (Wildman–Crippen MR) is 181 cm³/mol. The number of ether oxygens (including phenoxy) is 1. The van der Waals surface area contributed by atoms with E-state index in [0.29, 0.717) is 38.0 Å². The van der Waals surface area contributed by atoms with Crippen LogP contribution in [0.2, 0.25) is 0 Å². The van der Waals surface area contributed by atoms with E-state index in [1.165, 1.54) is 0 Å². The van der Waals surface area contributed by atoms with Gasteiger partial charge in [-0.2, -0.15) is 0 Å². The molecule has 0 bridgehead atoms. The molecule has 2 amide bonds. The number of piperazine rings is 1. The van der Waals surface area contributed by atoms with Crippen LogP contribution in [0.3, 0.4) is 0 Å². The fourth-order valence-electron chi connectivity index (χ4n) is 6.95. The second-order valence-corrected chi connectivity index (χ2v) is 13.4. The lowest BCUT2D eigenvalue weighted by Crippen LogP contribution is -2.54. The second kappa shape index (κ2) is 12.8. The Morgan fingerprint density at radius 3 is 2.59 bits per heavy atom. The van der Waals surface area contributed by atoms with E-state index >= 15 is 0 Å². The summed E-state index contributed by atoms with van der Waals surface area (Å²) in [5, 5.41) is 4.40. The number of nitrogens with zero attached hydrogens (tertiary/aromatic N) is 4. The van der Waals surface area contributed by atoms with Crippen LogP contribution in [-0.2, 0) is 16.1 Å². The van der Waals surface area contributed by atoms with Gasteiger partial charge in [-0.1, -0.05) is 30.3 Å². The van der Waals surface area contributed by atoms with Gasteiger partial charge >= 0.3 is 0 Å². The summed E-state index contributed by atoms with van der Waals surface area (Å²) in [5.74, 6) is 0.886. The molecule has 0 unspecified atom stereocenters. The molecule has 2 aromatic heterocycles. The highest BCUT2D eigenvalue weighted by Gasteiger charge is 2.38. The molecule has 2 N–H and O–H groups in total. The van der Waals surface area contributed by atoms with Crippen LogP contribution in [-0.4, -0.2) is 82.5 Å². The largest absolute Gasteiger partial charge is 0.478 e. The third-order valence-corrected chi connectivity index (χ3v) is 9.59. The van der Waals surface area contributed by atoms with E-state index in [0.717, 1.165) is 78.7 Å². The Bertz CT molecular complexity index is 1690. The molecule has 4 heterocycles. The summed E-state index contributed by atoms with van der Waals surface area (Å²) < 4.78 is 6.30. The number of carbonyl (C=O) groups is 2. The molecule has 1 aliphatic carbocycles. The lowest BCUT2D eigenvalue weighted by atomic mass is 9.95. The summed E-state index contributed by atoms with van der Waals surface area (Å²) in [6.07, 6.45) is 7.76. The summed E-state index contributed by atoms with van der Waals surface area (Å²) in [6, 6.07) is 21.1. The topological polar surface area (TPSA) is 93.8 Å². The molecule has 9 heteroatoms. The molecule has 2 aromatic carbocycles. The number of hydrogen-bond donors (Lipinski definition) is 2. The van der Waals surface area contributed by atoms with Crippen LogP contribution in [0, 0.1) is 5.92 Å². The number of H-pyrrole nitrogens is 1. The number of amides is 2. The molecule has 9 nitrogen and oxygen atoms in total. The van der Waals surface area contributed by atoms with Crippen molar-refractivity contribution in [1.29, 1.82) is 0 Å². The van der Waals surface area contributed by atoms with Gasteiger partial charge in [0.1, 0.15) is 11.4 Å². The number of hydrogen-bond acceptors (Lipinski definition) is 6. The average molecular weight is 621 g/mol. The summed E-state index contributed by atoms with van der Waals surface area (Å²) in [4.78, 5) is 41.2. The number of aromatic nitrogens is 2. The molecule has 7 rings (SSSR count). The first-order chi connectivity index (χ1) is 22.4. The Balaban J connectivity index is 1.01. The minimum Gasteiger partial charge on any atom is -0.478 e. The SMILES string of the molecule is CC(C)(Oc1cccc(N2CCC[C@@H](C(=O)N(Cc3ccc(-c4ccnc5[nH]ccc45)cc3)C3CC3)C2)c1)C(=O)N1CCNCC1. The standard InChI is InChI=1S/C37H44N6O3/c1-37(2,36(45)41-21-18-38-19-22-41)46-31-7-3-6-30(23-31)42-20-4-5-28(25-42)35(44)43(29-12-13-29)24-26-8-10-27(11-9-26)32-14-16-39-34-33(32)15-17-40-34/h3,6-11,14-17,23,28-29,38H,4-5,12-13,18-22,24-25H2,1-2H3,(H,39,40)/t28-/m1/s1. The van der Waals surface area contributed by atoms with E-state index in [1.54, 1.807) is 0 Å². The molecule has 2 saturated heterocycles. The summed E-state index contributed by atoms with van der Waals surface area (Å²) in [5.41, 5.74) is 4.40. The Labute approximate surface area is 270 Å². The zero-order chi connectivity index (χ0) is 31.7. The van der Waals surface area contributed by atoms with Gasteiger partial charge in [0.15, 0.2) is 5.60 Å². The van der Waals surface area contributed by atoms with E-state index in [2.05, 4.69) is 67.5 Å². The van der Waals surface area contributed by atoms with Gasteiger partial charge in [-0.25, -0.2) is 4.98 Å². The Morgan fingerprint density at radius 1 is 1.00 bits per heavy atom. The first kappa shape index (κ1) is 30.3. The maximum absolute atomic E-state index is 14.1. The fraction of sp³-hybridized carbons (Fsp3) is 0.432. The van der Waals surface area contributed by atoms with Gasteiger partial charge in [-0.05, 0) is 80.5 Å². The lowest BCUT2D eigenvalue weighted by molar-refractivity contribution is -0.146. The van der Waals surface area contributed by atoms with Gasteiger partial charge in [0.2, 0.25) is 5.91 Å². The third-order valence-electron chi connectivity index (χ3n) is 9.59. The molecule has 0 radical (unpaired) electrons.